The van der Waals surface area contributed by atoms with Crippen molar-refractivity contribution in [2.75, 3.05) is 13.7 Å². The summed E-state index contributed by atoms with van der Waals surface area (Å²) >= 11 is 0. The summed E-state index contributed by atoms with van der Waals surface area (Å²) in [4.78, 5) is 60.3. The van der Waals surface area contributed by atoms with Gasteiger partial charge in [-0.1, -0.05) is 40.5 Å². The number of carbonyl (C=O) groups is 3. The number of H-pyrrole nitrogens is 1. The van der Waals surface area contributed by atoms with E-state index in [1.165, 1.54) is 11.8 Å². The average molecular weight is 633 g/mol. The van der Waals surface area contributed by atoms with Crippen LogP contribution in [0.2, 0.25) is 0 Å². The van der Waals surface area contributed by atoms with Crippen LogP contribution in [0.4, 0.5) is 13.6 Å². The number of methoxy groups -OCH3 is 1. The number of benzene rings is 1. The van der Waals surface area contributed by atoms with E-state index in [9.17, 15) is 28.0 Å². The molecule has 248 valence electrons. The third kappa shape index (κ3) is 8.18. The largest absolute Gasteiger partial charge is 0.497 e. The van der Waals surface area contributed by atoms with Gasteiger partial charge in [-0.05, 0) is 62.5 Å². The number of aryl methyl sites for hydroxylation is 1. The second-order valence-corrected chi connectivity index (χ2v) is 13.7. The SMILES string of the molecule is COc1ccc2nc(CCCCC[C@@H]3CC3(CC(F)F)OC(=O)N[C@H](C(=O)N3CC[C@@H](C)[C@H]3C(C)=O)C(C)(C)C)c(=O)[nH]c2c1. The topological polar surface area (TPSA) is 131 Å². The lowest BCUT2D eigenvalue weighted by Crippen LogP contribution is -2.57. The Morgan fingerprint density at radius 2 is 1.93 bits per heavy atom. The number of alkyl halides is 2. The molecule has 2 N–H and O–H groups in total. The number of ether oxygens (including phenoxy) is 2. The molecule has 0 radical (unpaired) electrons. The summed E-state index contributed by atoms with van der Waals surface area (Å²) in [5.74, 6) is -0.0750. The first-order chi connectivity index (χ1) is 21.1. The van der Waals surface area contributed by atoms with E-state index in [1.54, 1.807) is 46.1 Å². The number of rotatable bonds is 13. The Morgan fingerprint density at radius 1 is 1.20 bits per heavy atom. The van der Waals surface area contributed by atoms with Crippen LogP contribution in [0.3, 0.4) is 0 Å². The number of hydrogen-bond donors (Lipinski definition) is 2. The lowest BCUT2D eigenvalue weighted by atomic mass is 9.85. The number of hydrogen-bond acceptors (Lipinski definition) is 7. The average Bonchev–Trinajstić information content (AvgIpc) is 3.44. The molecule has 1 unspecified atom stereocenters. The molecule has 2 aliphatic rings. The third-order valence-electron chi connectivity index (χ3n) is 9.18. The predicted molar refractivity (Wildman–Crippen MR) is 165 cm³/mol. The quantitative estimate of drug-likeness (QED) is 0.282. The van der Waals surface area contributed by atoms with Crippen LogP contribution in [0, 0.1) is 17.3 Å². The molecule has 1 aliphatic heterocycles. The molecule has 0 spiro atoms. The smallest absolute Gasteiger partial charge is 0.408 e. The minimum Gasteiger partial charge on any atom is -0.497 e. The van der Waals surface area contributed by atoms with Crippen molar-refractivity contribution in [2.45, 2.75) is 110 Å². The van der Waals surface area contributed by atoms with E-state index in [1.807, 2.05) is 6.92 Å². The Kier molecular flexibility index (Phi) is 10.5. The van der Waals surface area contributed by atoms with Crippen molar-refractivity contribution in [2.24, 2.45) is 17.3 Å². The van der Waals surface area contributed by atoms with Gasteiger partial charge in [0.1, 0.15) is 23.1 Å². The maximum Gasteiger partial charge on any atom is 0.408 e. The zero-order valence-corrected chi connectivity index (χ0v) is 27.1. The van der Waals surface area contributed by atoms with Crippen LogP contribution in [0.5, 0.6) is 5.75 Å². The molecule has 1 aliphatic carbocycles. The number of nitrogens with zero attached hydrogens (tertiary/aromatic N) is 2. The molecule has 5 atom stereocenters. The number of aromatic nitrogens is 2. The number of halogens is 2. The fourth-order valence-corrected chi connectivity index (χ4v) is 6.62. The zero-order valence-electron chi connectivity index (χ0n) is 27.1. The Labute approximate surface area is 262 Å². The molecule has 2 amide bonds. The van der Waals surface area contributed by atoms with Crippen molar-refractivity contribution in [1.82, 2.24) is 20.2 Å². The van der Waals surface area contributed by atoms with Crippen LogP contribution < -0.4 is 15.6 Å². The van der Waals surface area contributed by atoms with Crippen molar-refractivity contribution < 1.29 is 32.6 Å². The number of aromatic amines is 1. The fraction of sp³-hybridized carbons (Fsp3) is 0.667. The number of alkyl carbamates (subject to hydrolysis) is 1. The molecule has 45 heavy (non-hydrogen) atoms. The Morgan fingerprint density at radius 3 is 2.58 bits per heavy atom. The van der Waals surface area contributed by atoms with E-state index >= 15 is 0 Å². The normalized spacial score (nSPS) is 23.7. The van der Waals surface area contributed by atoms with Gasteiger partial charge in [0, 0.05) is 24.9 Å². The van der Waals surface area contributed by atoms with Crippen LogP contribution in [-0.2, 0) is 20.7 Å². The molecule has 1 saturated carbocycles. The monoisotopic (exact) mass is 632 g/mol. The maximum atomic E-state index is 13.6. The molecule has 10 nitrogen and oxygen atoms in total. The van der Waals surface area contributed by atoms with Crippen LogP contribution in [0.25, 0.3) is 11.0 Å². The van der Waals surface area contributed by atoms with Gasteiger partial charge in [0.15, 0.2) is 5.78 Å². The second-order valence-electron chi connectivity index (χ2n) is 13.7. The molecule has 4 rings (SSSR count). The molecule has 2 heterocycles. The van der Waals surface area contributed by atoms with E-state index in [0.29, 0.717) is 67.5 Å². The van der Waals surface area contributed by atoms with Gasteiger partial charge in [-0.25, -0.2) is 18.6 Å². The molecular formula is C33H46F2N4O6. The van der Waals surface area contributed by atoms with Gasteiger partial charge < -0.3 is 24.7 Å². The van der Waals surface area contributed by atoms with Crippen molar-refractivity contribution in [1.29, 1.82) is 0 Å². The summed E-state index contributed by atoms with van der Waals surface area (Å²) in [5, 5.41) is 2.66. The second kappa shape index (κ2) is 13.8. The predicted octanol–water partition coefficient (Wildman–Crippen LogP) is 5.42. The van der Waals surface area contributed by atoms with Gasteiger partial charge in [0.2, 0.25) is 12.3 Å². The van der Waals surface area contributed by atoms with Crippen molar-refractivity contribution in [3.8, 4) is 5.75 Å². The minimum absolute atomic E-state index is 0.00898. The van der Waals surface area contributed by atoms with Gasteiger partial charge >= 0.3 is 6.09 Å². The van der Waals surface area contributed by atoms with E-state index in [0.717, 1.165) is 6.42 Å². The van der Waals surface area contributed by atoms with E-state index in [-0.39, 0.29) is 29.1 Å². The lowest BCUT2D eigenvalue weighted by Gasteiger charge is -2.35. The van der Waals surface area contributed by atoms with Crippen LogP contribution in [0.1, 0.15) is 85.3 Å². The summed E-state index contributed by atoms with van der Waals surface area (Å²) in [7, 11) is 1.55. The summed E-state index contributed by atoms with van der Waals surface area (Å²) in [6.45, 7) is 9.18. The fourth-order valence-electron chi connectivity index (χ4n) is 6.62. The van der Waals surface area contributed by atoms with E-state index in [4.69, 9.17) is 9.47 Å². The van der Waals surface area contributed by atoms with Crippen molar-refractivity contribution in [3.63, 3.8) is 0 Å². The molecule has 1 aromatic heterocycles. The Hall–Kier alpha value is -3.57. The van der Waals surface area contributed by atoms with E-state index in [2.05, 4.69) is 15.3 Å². The van der Waals surface area contributed by atoms with E-state index < -0.39 is 42.0 Å². The molecular weight excluding hydrogens is 586 g/mol. The molecule has 1 saturated heterocycles. The van der Waals surface area contributed by atoms with Gasteiger partial charge in [-0.15, -0.1) is 0 Å². The molecule has 12 heteroatoms. The highest BCUT2D eigenvalue weighted by Gasteiger charge is 2.59. The number of unbranched alkanes of at least 4 members (excludes halogenated alkanes) is 2. The number of Topliss-reactive ketones (excluding diaryl/α,β-unsaturated/α-hetero) is 1. The standard InChI is InChI=1S/C33H46F2N4O6/c1-19-14-15-39(27(19)20(2)40)30(42)28(32(3,4)5)38-31(43)45-33(18-26(34)35)17-21(33)10-8-7-9-11-24-29(41)37-25-16-22(44-6)12-13-23(25)36-24/h12-13,16,19,21,26-28H,7-11,14-15,17-18H2,1-6H3,(H,37,41)(H,38,43)/t19-,21-,27+,28-,33?/m1/s1. The number of amides is 2. The van der Waals surface area contributed by atoms with Crippen LogP contribution in [-0.4, -0.2) is 70.4 Å². The highest BCUT2D eigenvalue weighted by molar-refractivity contribution is 5.92. The van der Waals surface area contributed by atoms with Gasteiger partial charge in [0.25, 0.3) is 5.56 Å². The summed E-state index contributed by atoms with van der Waals surface area (Å²) in [6, 6.07) is 3.73. The number of nitrogens with one attached hydrogen (secondary N) is 2. The number of ketones is 1. The maximum absolute atomic E-state index is 13.6. The first-order valence-electron chi connectivity index (χ1n) is 15.8. The summed E-state index contributed by atoms with van der Waals surface area (Å²) in [6.07, 6.45) is 0.100. The van der Waals surface area contributed by atoms with Gasteiger partial charge in [-0.3, -0.25) is 14.4 Å². The van der Waals surface area contributed by atoms with Crippen LogP contribution in [0.15, 0.2) is 23.0 Å². The summed E-state index contributed by atoms with van der Waals surface area (Å²) < 4.78 is 38.1. The Bertz CT molecular complexity index is 1460. The van der Waals surface area contributed by atoms with Crippen molar-refractivity contribution in [3.05, 3.63) is 34.2 Å². The molecule has 2 fully saturated rings. The van der Waals surface area contributed by atoms with Gasteiger partial charge in [0.05, 0.1) is 24.2 Å². The first-order valence-corrected chi connectivity index (χ1v) is 15.8. The highest BCUT2D eigenvalue weighted by Crippen LogP contribution is 2.53. The highest BCUT2D eigenvalue weighted by atomic mass is 19.3. The number of fused-ring (bicyclic) bond motifs is 1. The third-order valence-corrected chi connectivity index (χ3v) is 9.18. The lowest BCUT2D eigenvalue weighted by molar-refractivity contribution is -0.141. The number of carbonyl (C=O) groups excluding carboxylic acids is 3. The van der Waals surface area contributed by atoms with Crippen LogP contribution >= 0.6 is 0 Å². The molecule has 2 aromatic rings. The molecule has 1 aromatic carbocycles. The zero-order chi connectivity index (χ0) is 33.1. The van der Waals surface area contributed by atoms with Gasteiger partial charge in [-0.2, -0.15) is 0 Å². The number of likely N-dealkylation sites (tertiary alicyclic amines) is 1. The summed E-state index contributed by atoms with van der Waals surface area (Å²) in [5.41, 5.74) is -0.550. The first kappa shape index (κ1) is 34.3. The Balaban J connectivity index is 1.31. The molecule has 0 bridgehead atoms. The van der Waals surface area contributed by atoms with Crippen molar-refractivity contribution >= 4 is 28.8 Å². The minimum atomic E-state index is -2.66.